The number of aromatic nitrogens is 2. The molecule has 1 fully saturated rings. The summed E-state index contributed by atoms with van der Waals surface area (Å²) in [6.45, 7) is 3.16. The van der Waals surface area contributed by atoms with Crippen LogP contribution in [0.4, 0.5) is 0 Å². The van der Waals surface area contributed by atoms with Gasteiger partial charge in [0.05, 0.1) is 5.69 Å². The maximum atomic E-state index is 11.7. The molecule has 2 heterocycles. The molecule has 88 valence electrons. The third-order valence-corrected chi connectivity index (χ3v) is 2.79. The first kappa shape index (κ1) is 11.1. The van der Waals surface area contributed by atoms with Crippen molar-refractivity contribution >= 4 is 5.91 Å². The van der Waals surface area contributed by atoms with Gasteiger partial charge in [0, 0.05) is 32.0 Å². The minimum Gasteiger partial charge on any atom is -0.368 e. The van der Waals surface area contributed by atoms with E-state index >= 15 is 0 Å². The van der Waals surface area contributed by atoms with Crippen LogP contribution in [-0.4, -0.2) is 28.4 Å². The summed E-state index contributed by atoms with van der Waals surface area (Å²) >= 11 is 0. The monoisotopic (exact) mass is 223 g/mol. The van der Waals surface area contributed by atoms with Crippen LogP contribution in [0.25, 0.3) is 0 Å². The second-order valence-electron chi connectivity index (χ2n) is 4.13. The van der Waals surface area contributed by atoms with E-state index in [0.29, 0.717) is 13.2 Å². The first-order valence-electron chi connectivity index (χ1n) is 5.55. The Bertz CT molecular complexity index is 381. The van der Waals surface area contributed by atoms with Crippen LogP contribution < -0.4 is 5.32 Å². The van der Waals surface area contributed by atoms with Crippen LogP contribution in [0.1, 0.15) is 24.1 Å². The Morgan fingerprint density at radius 3 is 3.12 bits per heavy atom. The Kier molecular flexibility index (Phi) is 3.24. The van der Waals surface area contributed by atoms with E-state index in [1.54, 1.807) is 4.68 Å². The van der Waals surface area contributed by atoms with E-state index in [0.717, 1.165) is 24.1 Å². The van der Waals surface area contributed by atoms with Crippen LogP contribution in [0.15, 0.2) is 6.20 Å². The number of carbonyl (C=O) groups excluding carboxylic acids is 1. The molecule has 1 saturated heterocycles. The molecule has 2 rings (SSSR count). The van der Waals surface area contributed by atoms with E-state index in [-0.39, 0.29) is 12.0 Å². The molecular formula is C11H17N3O2. The predicted octanol–water partition coefficient (Wildman–Crippen LogP) is 0.524. The van der Waals surface area contributed by atoms with Crippen LogP contribution >= 0.6 is 0 Å². The second kappa shape index (κ2) is 4.65. The van der Waals surface area contributed by atoms with Crippen molar-refractivity contribution in [3.63, 3.8) is 0 Å². The molecule has 0 radical (unpaired) electrons. The topological polar surface area (TPSA) is 56.2 Å². The van der Waals surface area contributed by atoms with Gasteiger partial charge in [-0.15, -0.1) is 0 Å². The van der Waals surface area contributed by atoms with Gasteiger partial charge in [-0.3, -0.25) is 9.48 Å². The number of rotatable bonds is 3. The Morgan fingerprint density at radius 1 is 1.75 bits per heavy atom. The number of ether oxygens (including phenoxy) is 1. The first-order chi connectivity index (χ1) is 7.66. The van der Waals surface area contributed by atoms with Crippen LogP contribution in [0.5, 0.6) is 0 Å². The molecule has 1 aromatic rings. The molecule has 0 bridgehead atoms. The van der Waals surface area contributed by atoms with Crippen LogP contribution in [0.3, 0.4) is 0 Å². The number of carbonyl (C=O) groups is 1. The normalized spacial score (nSPS) is 20.0. The van der Waals surface area contributed by atoms with Crippen molar-refractivity contribution < 1.29 is 9.53 Å². The standard InChI is InChI=1S/C11H17N3O2/c1-8-9(7-14(2)13-8)6-12-11(15)10-4-3-5-16-10/h7,10H,3-6H2,1-2H3,(H,12,15). The van der Waals surface area contributed by atoms with E-state index < -0.39 is 0 Å². The summed E-state index contributed by atoms with van der Waals surface area (Å²) in [5.41, 5.74) is 2.00. The molecule has 1 aliphatic heterocycles. The maximum Gasteiger partial charge on any atom is 0.249 e. The number of nitrogens with zero attached hydrogens (tertiary/aromatic N) is 2. The van der Waals surface area contributed by atoms with Gasteiger partial charge in [0.25, 0.3) is 0 Å². The number of hydrogen-bond donors (Lipinski definition) is 1. The van der Waals surface area contributed by atoms with Crippen LogP contribution in [0, 0.1) is 6.92 Å². The zero-order valence-electron chi connectivity index (χ0n) is 9.69. The highest BCUT2D eigenvalue weighted by Crippen LogP contribution is 2.12. The molecule has 0 spiro atoms. The van der Waals surface area contributed by atoms with Gasteiger partial charge in [-0.25, -0.2) is 0 Å². The van der Waals surface area contributed by atoms with Crippen molar-refractivity contribution in [1.82, 2.24) is 15.1 Å². The predicted molar refractivity (Wildman–Crippen MR) is 58.8 cm³/mol. The molecule has 16 heavy (non-hydrogen) atoms. The molecule has 1 atom stereocenters. The Balaban J connectivity index is 1.87. The first-order valence-corrected chi connectivity index (χ1v) is 5.55. The van der Waals surface area contributed by atoms with Crippen molar-refractivity contribution in [2.24, 2.45) is 7.05 Å². The van der Waals surface area contributed by atoms with Crippen molar-refractivity contribution in [3.8, 4) is 0 Å². The van der Waals surface area contributed by atoms with E-state index in [9.17, 15) is 4.79 Å². The molecule has 1 amide bonds. The summed E-state index contributed by atoms with van der Waals surface area (Å²) in [5.74, 6) is -0.0132. The van der Waals surface area contributed by atoms with E-state index in [4.69, 9.17) is 4.74 Å². The molecule has 1 aliphatic rings. The summed E-state index contributed by atoms with van der Waals surface area (Å²) in [4.78, 5) is 11.7. The molecule has 0 aromatic carbocycles. The van der Waals surface area contributed by atoms with Gasteiger partial charge in [0.15, 0.2) is 0 Å². The van der Waals surface area contributed by atoms with Crippen molar-refractivity contribution in [1.29, 1.82) is 0 Å². The summed E-state index contributed by atoms with van der Waals surface area (Å²) < 4.78 is 7.06. The lowest BCUT2D eigenvalue weighted by atomic mass is 10.2. The van der Waals surface area contributed by atoms with Gasteiger partial charge in [-0.1, -0.05) is 0 Å². The highest BCUT2D eigenvalue weighted by Gasteiger charge is 2.23. The molecule has 1 aromatic heterocycles. The molecule has 1 N–H and O–H groups in total. The van der Waals surface area contributed by atoms with Crippen LogP contribution in [-0.2, 0) is 23.1 Å². The Morgan fingerprint density at radius 2 is 2.56 bits per heavy atom. The zero-order valence-corrected chi connectivity index (χ0v) is 9.69. The van der Waals surface area contributed by atoms with Crippen molar-refractivity contribution in [3.05, 3.63) is 17.5 Å². The van der Waals surface area contributed by atoms with Gasteiger partial charge >= 0.3 is 0 Å². The third-order valence-electron chi connectivity index (χ3n) is 2.79. The number of hydrogen-bond acceptors (Lipinski definition) is 3. The van der Waals surface area contributed by atoms with Crippen molar-refractivity contribution in [2.75, 3.05) is 6.61 Å². The lowest BCUT2D eigenvalue weighted by Crippen LogP contribution is -2.33. The highest BCUT2D eigenvalue weighted by atomic mass is 16.5. The Hall–Kier alpha value is -1.36. The Labute approximate surface area is 94.8 Å². The maximum absolute atomic E-state index is 11.7. The van der Waals surface area contributed by atoms with E-state index in [2.05, 4.69) is 10.4 Å². The quantitative estimate of drug-likeness (QED) is 0.813. The van der Waals surface area contributed by atoms with Gasteiger partial charge < -0.3 is 10.1 Å². The largest absolute Gasteiger partial charge is 0.368 e. The molecule has 0 aliphatic carbocycles. The van der Waals surface area contributed by atoms with Crippen LogP contribution in [0.2, 0.25) is 0 Å². The van der Waals surface area contributed by atoms with Gasteiger partial charge in [0.1, 0.15) is 6.10 Å². The molecule has 0 saturated carbocycles. The fourth-order valence-electron chi connectivity index (χ4n) is 1.90. The SMILES string of the molecule is Cc1nn(C)cc1CNC(=O)C1CCCO1. The average Bonchev–Trinajstić information content (AvgIpc) is 2.84. The molecule has 5 nitrogen and oxygen atoms in total. The van der Waals surface area contributed by atoms with Gasteiger partial charge in [-0.2, -0.15) is 5.10 Å². The van der Waals surface area contributed by atoms with E-state index in [1.165, 1.54) is 0 Å². The van der Waals surface area contributed by atoms with E-state index in [1.807, 2.05) is 20.2 Å². The fraction of sp³-hybridized carbons (Fsp3) is 0.636. The molecular weight excluding hydrogens is 206 g/mol. The number of amides is 1. The zero-order chi connectivity index (χ0) is 11.5. The third kappa shape index (κ3) is 2.41. The summed E-state index contributed by atoms with van der Waals surface area (Å²) in [5, 5.41) is 7.10. The summed E-state index contributed by atoms with van der Waals surface area (Å²) in [6, 6.07) is 0. The average molecular weight is 223 g/mol. The highest BCUT2D eigenvalue weighted by molar-refractivity contribution is 5.80. The number of nitrogens with one attached hydrogen (secondary N) is 1. The fourth-order valence-corrected chi connectivity index (χ4v) is 1.90. The lowest BCUT2D eigenvalue weighted by molar-refractivity contribution is -0.130. The van der Waals surface area contributed by atoms with Gasteiger partial charge in [-0.05, 0) is 19.8 Å². The van der Waals surface area contributed by atoms with Crippen molar-refractivity contribution in [2.45, 2.75) is 32.4 Å². The second-order valence-corrected chi connectivity index (χ2v) is 4.13. The smallest absolute Gasteiger partial charge is 0.249 e. The minimum atomic E-state index is -0.253. The van der Waals surface area contributed by atoms with Gasteiger partial charge in [0.2, 0.25) is 5.91 Å². The minimum absolute atomic E-state index is 0.0132. The summed E-state index contributed by atoms with van der Waals surface area (Å²) in [6.07, 6.45) is 3.48. The molecule has 1 unspecified atom stereocenters. The molecule has 5 heteroatoms. The lowest BCUT2D eigenvalue weighted by Gasteiger charge is -2.09. The number of aryl methyl sites for hydroxylation is 2. The summed E-state index contributed by atoms with van der Waals surface area (Å²) in [7, 11) is 1.87.